The first-order chi connectivity index (χ1) is 16.6. The number of phenols is 2. The summed E-state index contributed by atoms with van der Waals surface area (Å²) in [7, 11) is 0. The smallest absolute Gasteiger partial charge is 0.207 e. The van der Waals surface area contributed by atoms with E-state index in [1.54, 1.807) is 0 Å². The lowest BCUT2D eigenvalue weighted by Crippen LogP contribution is -2.06. The summed E-state index contributed by atoms with van der Waals surface area (Å²) in [5, 5.41) is 21.6. The second-order valence-electron chi connectivity index (χ2n) is 9.63. The first-order valence-corrected chi connectivity index (χ1v) is 14.5. The van der Waals surface area contributed by atoms with Gasteiger partial charge in [-0.1, -0.05) is 104 Å². The van der Waals surface area contributed by atoms with E-state index in [-0.39, 0.29) is 11.5 Å². The third-order valence-corrected chi connectivity index (χ3v) is 6.71. The van der Waals surface area contributed by atoms with Gasteiger partial charge in [-0.05, 0) is 39.5 Å². The first-order valence-electron chi connectivity index (χ1n) is 14.5. The molecular weight excluding hydrogens is 424 g/mol. The van der Waals surface area contributed by atoms with Gasteiger partial charge in [0, 0.05) is 11.1 Å². The zero-order chi connectivity index (χ0) is 25.0. The Morgan fingerprint density at radius 1 is 0.441 bits per heavy atom. The Bertz CT molecular complexity index is 641. The van der Waals surface area contributed by atoms with Crippen LogP contribution in [0.1, 0.15) is 142 Å². The zero-order valence-corrected chi connectivity index (χ0v) is 22.9. The molecule has 0 amide bonds. The zero-order valence-electron chi connectivity index (χ0n) is 22.9. The molecule has 0 atom stereocenters. The fourth-order valence-corrected chi connectivity index (χ4v) is 4.76. The number of hydrogen-bond donors (Lipinski definition) is 2. The molecule has 1 aromatic carbocycles. The molecule has 1 rings (SSSR count). The van der Waals surface area contributed by atoms with Crippen LogP contribution in [0, 0.1) is 0 Å². The van der Waals surface area contributed by atoms with Crippen LogP contribution in [0.15, 0.2) is 0 Å². The van der Waals surface area contributed by atoms with Crippen molar-refractivity contribution in [3.05, 3.63) is 11.1 Å². The molecule has 0 aromatic heterocycles. The van der Waals surface area contributed by atoms with Crippen LogP contribution < -0.4 is 9.47 Å². The van der Waals surface area contributed by atoms with E-state index in [2.05, 4.69) is 13.8 Å². The fraction of sp³-hybridized carbons (Fsp3) is 0.800. The highest BCUT2D eigenvalue weighted by molar-refractivity contribution is 5.66. The molecule has 0 aliphatic rings. The highest BCUT2D eigenvalue weighted by Crippen LogP contribution is 2.49. The van der Waals surface area contributed by atoms with Gasteiger partial charge < -0.3 is 19.7 Å². The Morgan fingerprint density at radius 2 is 0.824 bits per heavy atom. The van der Waals surface area contributed by atoms with Crippen molar-refractivity contribution in [2.24, 2.45) is 0 Å². The Kier molecular flexibility index (Phi) is 17.6. The molecule has 0 radical (unpaired) electrons. The molecule has 0 saturated carbocycles. The van der Waals surface area contributed by atoms with E-state index < -0.39 is 0 Å². The van der Waals surface area contributed by atoms with E-state index in [4.69, 9.17) is 9.47 Å². The average molecular weight is 479 g/mol. The van der Waals surface area contributed by atoms with Crippen LogP contribution in [0.3, 0.4) is 0 Å². The minimum Gasteiger partial charge on any atom is -0.504 e. The number of ether oxygens (including phenoxy) is 2. The Morgan fingerprint density at radius 3 is 1.26 bits per heavy atom. The maximum Gasteiger partial charge on any atom is 0.207 e. The van der Waals surface area contributed by atoms with E-state index in [1.165, 1.54) is 83.5 Å². The van der Waals surface area contributed by atoms with Gasteiger partial charge in [0.2, 0.25) is 11.5 Å². The SMILES string of the molecule is CCCCCCCCCCc1c(O)c(O)c(OCC)c(OCC)c1CCCCCCCCCC. The molecule has 0 saturated heterocycles. The molecule has 198 valence electrons. The summed E-state index contributed by atoms with van der Waals surface area (Å²) >= 11 is 0. The van der Waals surface area contributed by atoms with Crippen LogP contribution in [-0.2, 0) is 12.8 Å². The molecule has 0 spiro atoms. The van der Waals surface area contributed by atoms with E-state index in [0.29, 0.717) is 24.7 Å². The third kappa shape index (κ3) is 11.2. The van der Waals surface area contributed by atoms with Crippen molar-refractivity contribution >= 4 is 0 Å². The maximum atomic E-state index is 10.9. The van der Waals surface area contributed by atoms with E-state index in [9.17, 15) is 10.2 Å². The molecule has 0 unspecified atom stereocenters. The van der Waals surface area contributed by atoms with Crippen molar-refractivity contribution in [2.75, 3.05) is 13.2 Å². The quantitative estimate of drug-likeness (QED) is 0.129. The fourth-order valence-electron chi connectivity index (χ4n) is 4.76. The summed E-state index contributed by atoms with van der Waals surface area (Å²) in [4.78, 5) is 0. The average Bonchev–Trinajstić information content (AvgIpc) is 2.84. The lowest BCUT2D eigenvalue weighted by atomic mass is 9.93. The van der Waals surface area contributed by atoms with Crippen molar-refractivity contribution in [1.82, 2.24) is 0 Å². The van der Waals surface area contributed by atoms with Gasteiger partial charge in [-0.3, -0.25) is 0 Å². The molecule has 0 fully saturated rings. The van der Waals surface area contributed by atoms with Crippen LogP contribution in [0.2, 0.25) is 0 Å². The van der Waals surface area contributed by atoms with Gasteiger partial charge in [0.05, 0.1) is 13.2 Å². The Labute approximate surface area is 210 Å². The molecule has 1 aromatic rings. The molecule has 0 aliphatic carbocycles. The molecule has 2 N–H and O–H groups in total. The highest BCUT2D eigenvalue weighted by atomic mass is 16.5. The van der Waals surface area contributed by atoms with Gasteiger partial charge in [-0.15, -0.1) is 0 Å². The predicted octanol–water partition coefficient (Wildman–Crippen LogP) is 9.26. The molecule has 0 bridgehead atoms. The van der Waals surface area contributed by atoms with Crippen molar-refractivity contribution in [2.45, 2.75) is 143 Å². The van der Waals surface area contributed by atoms with Crippen LogP contribution in [0.25, 0.3) is 0 Å². The monoisotopic (exact) mass is 478 g/mol. The number of rotatable bonds is 22. The normalized spacial score (nSPS) is 11.2. The lowest BCUT2D eigenvalue weighted by Gasteiger charge is -2.21. The highest BCUT2D eigenvalue weighted by Gasteiger charge is 2.25. The Balaban J connectivity index is 2.83. The first kappa shape index (κ1) is 30.5. The van der Waals surface area contributed by atoms with Gasteiger partial charge in [-0.25, -0.2) is 0 Å². The largest absolute Gasteiger partial charge is 0.504 e. The van der Waals surface area contributed by atoms with Gasteiger partial charge in [0.1, 0.15) is 0 Å². The minimum absolute atomic E-state index is 0.00980. The number of aromatic hydroxyl groups is 2. The predicted molar refractivity (Wildman–Crippen MR) is 145 cm³/mol. The molecule has 4 heteroatoms. The van der Waals surface area contributed by atoms with Crippen LogP contribution in [0.4, 0.5) is 0 Å². The molecule has 0 heterocycles. The number of hydrogen-bond acceptors (Lipinski definition) is 4. The van der Waals surface area contributed by atoms with Gasteiger partial charge >= 0.3 is 0 Å². The second kappa shape index (κ2) is 19.7. The molecular formula is C30H54O4. The van der Waals surface area contributed by atoms with Crippen LogP contribution in [0.5, 0.6) is 23.0 Å². The van der Waals surface area contributed by atoms with Crippen molar-refractivity contribution in [3.8, 4) is 23.0 Å². The van der Waals surface area contributed by atoms with E-state index in [1.807, 2.05) is 13.8 Å². The second-order valence-corrected chi connectivity index (χ2v) is 9.63. The molecule has 4 nitrogen and oxygen atoms in total. The van der Waals surface area contributed by atoms with Crippen molar-refractivity contribution in [3.63, 3.8) is 0 Å². The number of unbranched alkanes of at least 4 members (excludes halogenated alkanes) is 14. The van der Waals surface area contributed by atoms with Crippen molar-refractivity contribution in [1.29, 1.82) is 0 Å². The van der Waals surface area contributed by atoms with Crippen molar-refractivity contribution < 1.29 is 19.7 Å². The standard InChI is InChI=1S/C30H54O4/c1-5-9-11-13-15-17-19-21-23-25-26(24-22-20-18-16-14-12-10-6-2)29(33-7-3)30(34-8-4)28(32)27(25)31/h31-32H,5-24H2,1-4H3. The van der Waals surface area contributed by atoms with Gasteiger partial charge in [0.25, 0.3) is 0 Å². The molecule has 34 heavy (non-hydrogen) atoms. The summed E-state index contributed by atoms with van der Waals surface area (Å²) in [6.07, 6.45) is 21.7. The lowest BCUT2D eigenvalue weighted by molar-refractivity contribution is 0.266. The number of benzene rings is 1. The minimum atomic E-state index is -0.167. The maximum absolute atomic E-state index is 10.9. The summed E-state index contributed by atoms with van der Waals surface area (Å²) in [6.45, 7) is 9.27. The van der Waals surface area contributed by atoms with Crippen LogP contribution >= 0.6 is 0 Å². The summed E-state index contributed by atoms with van der Waals surface area (Å²) < 4.78 is 11.7. The van der Waals surface area contributed by atoms with E-state index in [0.717, 1.165) is 43.2 Å². The summed E-state index contributed by atoms with van der Waals surface area (Å²) in [6, 6.07) is 0. The summed E-state index contributed by atoms with van der Waals surface area (Å²) in [5.41, 5.74) is 1.90. The molecule has 0 aliphatic heterocycles. The number of phenolic OH excluding ortho intramolecular Hbond substituents is 2. The third-order valence-electron chi connectivity index (χ3n) is 6.71. The van der Waals surface area contributed by atoms with Gasteiger partial charge in [-0.2, -0.15) is 0 Å². The van der Waals surface area contributed by atoms with Crippen LogP contribution in [-0.4, -0.2) is 23.4 Å². The topological polar surface area (TPSA) is 58.9 Å². The van der Waals surface area contributed by atoms with E-state index >= 15 is 0 Å². The van der Waals surface area contributed by atoms with Gasteiger partial charge in [0.15, 0.2) is 11.5 Å². The summed E-state index contributed by atoms with van der Waals surface area (Å²) in [5.74, 6) is 0.761. The Hall–Kier alpha value is -1.58.